The molecule has 1 atom stereocenters. The molecule has 0 bridgehead atoms. The molecule has 1 unspecified atom stereocenters. The van der Waals surface area contributed by atoms with E-state index in [9.17, 15) is 15.0 Å². The normalized spacial score (nSPS) is 17.4. The Labute approximate surface area is 122 Å². The fraction of sp³-hybridized carbons (Fsp3) is 0.188. The number of hydrogen-bond acceptors (Lipinski definition) is 4. The van der Waals surface area contributed by atoms with Gasteiger partial charge in [-0.15, -0.1) is 0 Å². The average Bonchev–Trinajstić information content (AvgIpc) is 2.46. The van der Waals surface area contributed by atoms with Gasteiger partial charge >= 0.3 is 0 Å². The van der Waals surface area contributed by atoms with Crippen LogP contribution in [0.4, 0.5) is 5.69 Å². The van der Waals surface area contributed by atoms with Gasteiger partial charge in [-0.3, -0.25) is 4.79 Å². The molecular formula is C16H16N2O3. The summed E-state index contributed by atoms with van der Waals surface area (Å²) in [4.78, 5) is 14.2. The van der Waals surface area contributed by atoms with Crippen LogP contribution in [0.3, 0.4) is 0 Å². The molecule has 1 amide bonds. The van der Waals surface area contributed by atoms with Crippen LogP contribution in [0.2, 0.25) is 0 Å². The minimum Gasteiger partial charge on any atom is -0.507 e. The van der Waals surface area contributed by atoms with Crippen molar-refractivity contribution in [3.63, 3.8) is 0 Å². The molecule has 0 radical (unpaired) electrons. The standard InChI is InChI=1S/C16H16N2O3/c17-11-8-10-4-1-2-5-12(10)18(9-11)16(21)15-13(19)6-3-7-14(15)20/h1-7,11,19-20H,8-9,17H2. The van der Waals surface area contributed by atoms with Gasteiger partial charge in [-0.25, -0.2) is 0 Å². The Morgan fingerprint density at radius 3 is 2.48 bits per heavy atom. The van der Waals surface area contributed by atoms with Crippen molar-refractivity contribution < 1.29 is 15.0 Å². The fourth-order valence-corrected chi connectivity index (χ4v) is 2.70. The van der Waals surface area contributed by atoms with Gasteiger partial charge in [-0.2, -0.15) is 0 Å². The van der Waals surface area contributed by atoms with Crippen LogP contribution >= 0.6 is 0 Å². The maximum Gasteiger partial charge on any atom is 0.265 e. The van der Waals surface area contributed by atoms with E-state index in [1.54, 1.807) is 0 Å². The van der Waals surface area contributed by atoms with Crippen LogP contribution in [0, 0.1) is 0 Å². The summed E-state index contributed by atoms with van der Waals surface area (Å²) in [6.45, 7) is 0.351. The highest BCUT2D eigenvalue weighted by Gasteiger charge is 2.29. The number of nitrogens with zero attached hydrogens (tertiary/aromatic N) is 1. The molecule has 1 aliphatic rings. The van der Waals surface area contributed by atoms with E-state index in [1.807, 2.05) is 24.3 Å². The first-order valence-electron chi connectivity index (χ1n) is 6.74. The molecular weight excluding hydrogens is 268 g/mol. The molecule has 1 aliphatic heterocycles. The van der Waals surface area contributed by atoms with E-state index < -0.39 is 5.91 Å². The SMILES string of the molecule is NC1Cc2ccccc2N(C(=O)c2c(O)cccc2O)C1. The highest BCUT2D eigenvalue weighted by molar-refractivity contribution is 6.10. The summed E-state index contributed by atoms with van der Waals surface area (Å²) in [5.41, 5.74) is 7.67. The van der Waals surface area contributed by atoms with Gasteiger partial charge in [0.15, 0.2) is 0 Å². The zero-order chi connectivity index (χ0) is 15.0. The number of benzene rings is 2. The van der Waals surface area contributed by atoms with Gasteiger partial charge in [0.05, 0.1) is 0 Å². The number of fused-ring (bicyclic) bond motifs is 1. The molecule has 1 heterocycles. The lowest BCUT2D eigenvalue weighted by Crippen LogP contribution is -2.46. The lowest BCUT2D eigenvalue weighted by molar-refractivity contribution is 0.0978. The fourth-order valence-electron chi connectivity index (χ4n) is 2.70. The van der Waals surface area contributed by atoms with Crippen molar-refractivity contribution in [2.24, 2.45) is 5.73 Å². The summed E-state index contributed by atoms with van der Waals surface area (Å²) in [6, 6.07) is 11.6. The summed E-state index contributed by atoms with van der Waals surface area (Å²) in [5.74, 6) is -0.929. The lowest BCUT2D eigenvalue weighted by Gasteiger charge is -2.33. The van der Waals surface area contributed by atoms with Crippen molar-refractivity contribution in [1.82, 2.24) is 0 Å². The Morgan fingerprint density at radius 1 is 1.10 bits per heavy atom. The first-order chi connectivity index (χ1) is 10.1. The molecule has 0 saturated carbocycles. The third-order valence-corrected chi connectivity index (χ3v) is 3.66. The third kappa shape index (κ3) is 2.32. The van der Waals surface area contributed by atoms with Crippen LogP contribution in [-0.2, 0) is 6.42 Å². The third-order valence-electron chi connectivity index (χ3n) is 3.66. The number of rotatable bonds is 1. The van der Waals surface area contributed by atoms with E-state index in [2.05, 4.69) is 0 Å². The second-order valence-electron chi connectivity index (χ2n) is 5.18. The minimum absolute atomic E-state index is 0.0959. The Morgan fingerprint density at radius 2 is 1.76 bits per heavy atom. The van der Waals surface area contributed by atoms with Crippen molar-refractivity contribution in [1.29, 1.82) is 0 Å². The second-order valence-corrected chi connectivity index (χ2v) is 5.18. The van der Waals surface area contributed by atoms with E-state index in [0.29, 0.717) is 13.0 Å². The molecule has 2 aromatic rings. The first kappa shape index (κ1) is 13.5. The van der Waals surface area contributed by atoms with Gasteiger partial charge in [-0.05, 0) is 30.2 Å². The number of carbonyl (C=O) groups is 1. The quantitative estimate of drug-likeness (QED) is 0.743. The predicted octanol–water partition coefficient (Wildman–Crippen LogP) is 1.63. The van der Waals surface area contributed by atoms with Gasteiger partial charge in [-0.1, -0.05) is 24.3 Å². The number of amides is 1. The predicted molar refractivity (Wildman–Crippen MR) is 79.6 cm³/mol. The summed E-state index contributed by atoms with van der Waals surface area (Å²) < 4.78 is 0. The number of para-hydroxylation sites is 1. The number of phenols is 2. The maximum absolute atomic E-state index is 12.7. The molecule has 21 heavy (non-hydrogen) atoms. The molecule has 3 rings (SSSR count). The summed E-state index contributed by atoms with van der Waals surface area (Å²) in [7, 11) is 0. The molecule has 4 N–H and O–H groups in total. The molecule has 0 spiro atoms. The van der Waals surface area contributed by atoms with Crippen LogP contribution in [-0.4, -0.2) is 28.7 Å². The van der Waals surface area contributed by atoms with Crippen LogP contribution in [0.25, 0.3) is 0 Å². The molecule has 0 aliphatic carbocycles. The second kappa shape index (κ2) is 5.10. The largest absolute Gasteiger partial charge is 0.507 e. The van der Waals surface area contributed by atoms with Gasteiger partial charge in [0.25, 0.3) is 5.91 Å². The smallest absolute Gasteiger partial charge is 0.265 e. The number of anilines is 1. The summed E-state index contributed by atoms with van der Waals surface area (Å²) in [5, 5.41) is 19.7. The molecule has 0 saturated heterocycles. The number of carbonyl (C=O) groups excluding carboxylic acids is 1. The summed E-state index contributed by atoms with van der Waals surface area (Å²) in [6.07, 6.45) is 0.701. The van der Waals surface area contributed by atoms with Crippen molar-refractivity contribution >= 4 is 11.6 Å². The number of nitrogens with two attached hydrogens (primary N) is 1. The lowest BCUT2D eigenvalue weighted by atomic mass is 9.97. The molecule has 5 heteroatoms. The van der Waals surface area contributed by atoms with Crippen molar-refractivity contribution in [2.45, 2.75) is 12.5 Å². The Bertz CT molecular complexity index is 679. The van der Waals surface area contributed by atoms with E-state index in [4.69, 9.17) is 5.73 Å². The van der Waals surface area contributed by atoms with Crippen LogP contribution < -0.4 is 10.6 Å². The molecule has 108 valence electrons. The van der Waals surface area contributed by atoms with E-state index in [0.717, 1.165) is 11.3 Å². The Kier molecular flexibility index (Phi) is 3.27. The Hall–Kier alpha value is -2.53. The maximum atomic E-state index is 12.7. The minimum atomic E-state index is -0.451. The number of hydrogen-bond donors (Lipinski definition) is 3. The van der Waals surface area contributed by atoms with Crippen molar-refractivity contribution in [2.75, 3.05) is 11.4 Å². The van der Waals surface area contributed by atoms with E-state index >= 15 is 0 Å². The topological polar surface area (TPSA) is 86.8 Å². The van der Waals surface area contributed by atoms with E-state index in [-0.39, 0.29) is 23.1 Å². The monoisotopic (exact) mass is 284 g/mol. The zero-order valence-corrected chi connectivity index (χ0v) is 11.4. The van der Waals surface area contributed by atoms with Gasteiger partial charge in [0, 0.05) is 18.3 Å². The molecule has 0 fully saturated rings. The van der Waals surface area contributed by atoms with Crippen molar-refractivity contribution in [3.8, 4) is 11.5 Å². The van der Waals surface area contributed by atoms with Gasteiger partial charge in [0.2, 0.25) is 0 Å². The van der Waals surface area contributed by atoms with Crippen LogP contribution in [0.15, 0.2) is 42.5 Å². The molecule has 5 nitrogen and oxygen atoms in total. The van der Waals surface area contributed by atoms with Gasteiger partial charge < -0.3 is 20.8 Å². The van der Waals surface area contributed by atoms with Crippen molar-refractivity contribution in [3.05, 3.63) is 53.6 Å². The van der Waals surface area contributed by atoms with Gasteiger partial charge in [0.1, 0.15) is 17.1 Å². The average molecular weight is 284 g/mol. The number of phenolic OH excluding ortho intramolecular Hbond substituents is 2. The molecule has 2 aromatic carbocycles. The highest BCUT2D eigenvalue weighted by atomic mass is 16.3. The van der Waals surface area contributed by atoms with E-state index in [1.165, 1.54) is 23.1 Å². The highest BCUT2D eigenvalue weighted by Crippen LogP contribution is 2.33. The zero-order valence-electron chi connectivity index (χ0n) is 11.4. The van der Waals surface area contributed by atoms with Crippen LogP contribution in [0.1, 0.15) is 15.9 Å². The number of aromatic hydroxyl groups is 2. The first-order valence-corrected chi connectivity index (χ1v) is 6.74. The summed E-state index contributed by atoms with van der Waals surface area (Å²) >= 11 is 0. The Balaban J connectivity index is 2.06. The van der Waals surface area contributed by atoms with Crippen LogP contribution in [0.5, 0.6) is 11.5 Å². The molecule has 0 aromatic heterocycles.